The van der Waals surface area contributed by atoms with Gasteiger partial charge in [0.2, 0.25) is 0 Å². The Hall–Kier alpha value is -0.420. The molecule has 1 nitrogen and oxygen atoms in total. The van der Waals surface area contributed by atoms with Gasteiger partial charge in [-0.3, -0.25) is 0 Å². The molecule has 1 unspecified atom stereocenters. The van der Waals surface area contributed by atoms with Gasteiger partial charge in [0.15, 0.2) is 0 Å². The summed E-state index contributed by atoms with van der Waals surface area (Å²) in [5.74, 6) is -0.384. The fourth-order valence-electron chi connectivity index (χ4n) is 1.37. The maximum atomic E-state index is 13.1. The topological polar surface area (TPSA) is 20.2 Å². The van der Waals surface area contributed by atoms with Crippen molar-refractivity contribution >= 4 is 38.9 Å². The molecule has 84 valence electrons. The quantitative estimate of drug-likeness (QED) is 0.870. The average Bonchev–Trinajstić information content (AvgIpc) is 2.67. The molecule has 1 aromatic carbocycles. The van der Waals surface area contributed by atoms with Crippen molar-refractivity contribution in [3.8, 4) is 0 Å². The average molecular weight is 322 g/mol. The third kappa shape index (κ3) is 2.30. The first-order chi connectivity index (χ1) is 7.59. The first-order valence-electron chi connectivity index (χ1n) is 4.45. The fraction of sp³-hybridized carbons (Fsp3) is 0.0909. The van der Waals surface area contributed by atoms with Crippen molar-refractivity contribution in [1.29, 1.82) is 0 Å². The van der Waals surface area contributed by atoms with Crippen molar-refractivity contribution in [2.75, 3.05) is 0 Å². The van der Waals surface area contributed by atoms with Crippen LogP contribution in [0.15, 0.2) is 34.1 Å². The van der Waals surface area contributed by atoms with Crippen molar-refractivity contribution in [2.45, 2.75) is 6.10 Å². The maximum absolute atomic E-state index is 13.1. The van der Waals surface area contributed by atoms with Gasteiger partial charge in [0.05, 0.1) is 9.90 Å². The van der Waals surface area contributed by atoms with Crippen molar-refractivity contribution in [1.82, 2.24) is 0 Å². The van der Waals surface area contributed by atoms with Crippen molar-refractivity contribution in [3.05, 3.63) is 55.4 Å². The minimum atomic E-state index is -0.905. The molecule has 1 atom stereocenters. The molecule has 0 aliphatic rings. The van der Waals surface area contributed by atoms with E-state index in [1.807, 2.05) is 0 Å². The van der Waals surface area contributed by atoms with Crippen LogP contribution in [-0.4, -0.2) is 5.11 Å². The van der Waals surface area contributed by atoms with E-state index in [-0.39, 0.29) is 5.82 Å². The molecule has 0 spiro atoms. The molecule has 0 saturated carbocycles. The lowest BCUT2D eigenvalue weighted by Crippen LogP contribution is -1.99. The van der Waals surface area contributed by atoms with Crippen LogP contribution < -0.4 is 0 Å². The molecule has 2 aromatic rings. The molecule has 0 fully saturated rings. The number of halogens is 3. The van der Waals surface area contributed by atoms with Crippen LogP contribution in [0.3, 0.4) is 0 Å². The molecule has 1 heterocycles. The highest BCUT2D eigenvalue weighted by Crippen LogP contribution is 2.35. The van der Waals surface area contributed by atoms with Gasteiger partial charge < -0.3 is 5.11 Å². The minimum Gasteiger partial charge on any atom is -0.383 e. The zero-order valence-electron chi connectivity index (χ0n) is 7.95. The molecule has 0 aliphatic heterocycles. The molecule has 0 radical (unpaired) electrons. The molecule has 0 saturated heterocycles. The lowest BCUT2D eigenvalue weighted by Gasteiger charge is -2.11. The molecule has 0 amide bonds. The van der Waals surface area contributed by atoms with E-state index >= 15 is 0 Å². The first-order valence-corrected chi connectivity index (χ1v) is 6.50. The van der Waals surface area contributed by atoms with E-state index in [0.717, 1.165) is 0 Å². The van der Waals surface area contributed by atoms with E-state index in [9.17, 15) is 9.50 Å². The van der Waals surface area contributed by atoms with Crippen LogP contribution >= 0.6 is 38.9 Å². The van der Waals surface area contributed by atoms with Gasteiger partial charge in [-0.1, -0.05) is 27.5 Å². The van der Waals surface area contributed by atoms with Gasteiger partial charge in [0.25, 0.3) is 0 Å². The van der Waals surface area contributed by atoms with Gasteiger partial charge in [-0.05, 0) is 29.6 Å². The second-order valence-electron chi connectivity index (χ2n) is 3.20. The standard InChI is InChI=1S/C11H7BrClFOS/c12-8-2-1-6(14)5-7(8)10(15)11-9(13)3-4-16-11/h1-5,10,15H. The Morgan fingerprint density at radius 3 is 2.75 bits per heavy atom. The van der Waals surface area contributed by atoms with Gasteiger partial charge in [-0.15, -0.1) is 11.3 Å². The van der Waals surface area contributed by atoms with Crippen LogP contribution in [-0.2, 0) is 0 Å². The predicted octanol–water partition coefficient (Wildman–Crippen LogP) is 4.38. The molecular weight excluding hydrogens is 315 g/mol. The van der Waals surface area contributed by atoms with Crippen LogP contribution in [0.1, 0.15) is 16.5 Å². The molecule has 1 aromatic heterocycles. The van der Waals surface area contributed by atoms with Gasteiger partial charge in [-0.2, -0.15) is 0 Å². The summed E-state index contributed by atoms with van der Waals surface area (Å²) in [6.45, 7) is 0. The number of benzene rings is 1. The Morgan fingerprint density at radius 1 is 1.38 bits per heavy atom. The summed E-state index contributed by atoms with van der Waals surface area (Å²) >= 11 is 10.5. The highest BCUT2D eigenvalue weighted by atomic mass is 79.9. The summed E-state index contributed by atoms with van der Waals surface area (Å²) in [6.07, 6.45) is -0.905. The molecule has 16 heavy (non-hydrogen) atoms. The second-order valence-corrected chi connectivity index (χ2v) is 5.41. The second kappa shape index (κ2) is 4.84. The zero-order valence-corrected chi connectivity index (χ0v) is 11.1. The lowest BCUT2D eigenvalue weighted by atomic mass is 10.1. The number of rotatable bonds is 2. The minimum absolute atomic E-state index is 0.384. The Kier molecular flexibility index (Phi) is 3.64. The van der Waals surface area contributed by atoms with Gasteiger partial charge >= 0.3 is 0 Å². The highest BCUT2D eigenvalue weighted by Gasteiger charge is 2.18. The van der Waals surface area contributed by atoms with Crippen LogP contribution in [0.5, 0.6) is 0 Å². The van der Waals surface area contributed by atoms with Crippen LogP contribution in [0, 0.1) is 5.82 Å². The largest absolute Gasteiger partial charge is 0.383 e. The zero-order chi connectivity index (χ0) is 11.7. The maximum Gasteiger partial charge on any atom is 0.123 e. The summed E-state index contributed by atoms with van der Waals surface area (Å²) in [5, 5.41) is 12.4. The Labute approximate surface area is 110 Å². The Bertz CT molecular complexity index is 514. The summed E-state index contributed by atoms with van der Waals surface area (Å²) in [6, 6.07) is 5.90. The highest BCUT2D eigenvalue weighted by molar-refractivity contribution is 9.10. The van der Waals surface area contributed by atoms with E-state index in [4.69, 9.17) is 11.6 Å². The SMILES string of the molecule is OC(c1cc(F)ccc1Br)c1sccc1Cl. The third-order valence-electron chi connectivity index (χ3n) is 2.15. The molecule has 5 heteroatoms. The van der Waals surface area contributed by atoms with E-state index < -0.39 is 6.10 Å². The monoisotopic (exact) mass is 320 g/mol. The van der Waals surface area contributed by atoms with Gasteiger partial charge in [0.1, 0.15) is 11.9 Å². The number of aliphatic hydroxyl groups excluding tert-OH is 1. The van der Waals surface area contributed by atoms with Crippen molar-refractivity contribution in [2.24, 2.45) is 0 Å². The molecular formula is C11H7BrClFOS. The molecule has 2 rings (SSSR count). The first kappa shape index (κ1) is 12.0. The normalized spacial score (nSPS) is 12.8. The van der Waals surface area contributed by atoms with E-state index in [0.29, 0.717) is 19.9 Å². The smallest absolute Gasteiger partial charge is 0.123 e. The van der Waals surface area contributed by atoms with Crippen LogP contribution in [0.25, 0.3) is 0 Å². The number of aliphatic hydroxyl groups is 1. The number of thiophene rings is 1. The fourth-order valence-corrected chi connectivity index (χ4v) is 2.99. The summed E-state index contributed by atoms with van der Waals surface area (Å²) in [5.41, 5.74) is 0.476. The van der Waals surface area contributed by atoms with E-state index in [2.05, 4.69) is 15.9 Å². The summed E-state index contributed by atoms with van der Waals surface area (Å²) in [7, 11) is 0. The summed E-state index contributed by atoms with van der Waals surface area (Å²) < 4.78 is 13.7. The molecule has 0 bridgehead atoms. The number of hydrogen-bond acceptors (Lipinski definition) is 2. The molecule has 0 aliphatic carbocycles. The van der Waals surface area contributed by atoms with E-state index in [1.54, 1.807) is 17.5 Å². The Morgan fingerprint density at radius 2 is 2.12 bits per heavy atom. The van der Waals surface area contributed by atoms with Gasteiger partial charge in [0, 0.05) is 10.0 Å². The third-order valence-corrected chi connectivity index (χ3v) is 4.28. The lowest BCUT2D eigenvalue weighted by molar-refractivity contribution is 0.223. The summed E-state index contributed by atoms with van der Waals surface area (Å²) in [4.78, 5) is 0.618. The van der Waals surface area contributed by atoms with Gasteiger partial charge in [-0.25, -0.2) is 4.39 Å². The Balaban J connectivity index is 2.45. The van der Waals surface area contributed by atoms with Crippen molar-refractivity contribution < 1.29 is 9.50 Å². The number of hydrogen-bond donors (Lipinski definition) is 1. The molecule has 1 N–H and O–H groups in total. The van der Waals surface area contributed by atoms with Crippen molar-refractivity contribution in [3.63, 3.8) is 0 Å². The predicted molar refractivity (Wildman–Crippen MR) is 67.5 cm³/mol. The van der Waals surface area contributed by atoms with E-state index in [1.165, 1.54) is 23.5 Å². The van der Waals surface area contributed by atoms with Crippen LogP contribution in [0.2, 0.25) is 5.02 Å². The van der Waals surface area contributed by atoms with Crippen LogP contribution in [0.4, 0.5) is 4.39 Å².